The number of hydrazine groups is 1. The average Bonchev–Trinajstić information content (AvgIpc) is 2.50. The molecule has 0 radical (unpaired) electrons. The minimum atomic E-state index is 0.368. The van der Waals surface area contributed by atoms with Crippen molar-refractivity contribution >= 4 is 21.6 Å². The maximum absolute atomic E-state index is 3.51. The van der Waals surface area contributed by atoms with Crippen LogP contribution in [0.25, 0.3) is 0 Å². The van der Waals surface area contributed by atoms with E-state index in [0.29, 0.717) is 11.0 Å². The zero-order chi connectivity index (χ0) is 10.0. The number of hydrogen-bond donors (Lipinski definition) is 1. The molecular weight excluding hydrogens is 204 g/mol. The molecule has 0 aromatic carbocycles. The van der Waals surface area contributed by atoms with Crippen molar-refractivity contribution in [1.82, 2.24) is 20.2 Å². The minimum Gasteiger partial charge on any atom is -0.285 e. The van der Waals surface area contributed by atoms with E-state index < -0.39 is 0 Å². The summed E-state index contributed by atoms with van der Waals surface area (Å²) < 4.78 is 0. The highest BCUT2D eigenvalue weighted by atomic mass is 33.1. The van der Waals surface area contributed by atoms with Crippen molar-refractivity contribution in [3.05, 3.63) is 0 Å². The van der Waals surface area contributed by atoms with Gasteiger partial charge in [-0.2, -0.15) is 0 Å². The number of rotatable bonds is 3. The molecule has 1 rings (SSSR count). The molecule has 1 saturated heterocycles. The van der Waals surface area contributed by atoms with Gasteiger partial charge in [-0.3, -0.25) is 10.2 Å². The first-order valence-electron chi connectivity index (χ1n) is 4.17. The molecule has 0 aromatic heterocycles. The molecule has 78 valence electrons. The summed E-state index contributed by atoms with van der Waals surface area (Å²) in [6.45, 7) is 0. The van der Waals surface area contributed by atoms with Crippen LogP contribution in [0.5, 0.6) is 0 Å². The van der Waals surface area contributed by atoms with Gasteiger partial charge in [-0.15, -0.1) is 0 Å². The van der Waals surface area contributed by atoms with E-state index in [-0.39, 0.29) is 0 Å². The van der Waals surface area contributed by atoms with Gasteiger partial charge in [0.05, 0.1) is 0 Å². The average molecular weight is 222 g/mol. The van der Waals surface area contributed by atoms with Crippen LogP contribution in [0.15, 0.2) is 0 Å². The van der Waals surface area contributed by atoms with E-state index in [1.807, 2.05) is 21.6 Å². The SMILES string of the molecule is CN(C)C1NC(N(C)N(C)C)SS1. The Bertz CT molecular complexity index is 165. The van der Waals surface area contributed by atoms with Gasteiger partial charge >= 0.3 is 0 Å². The molecule has 0 amide bonds. The zero-order valence-corrected chi connectivity index (χ0v) is 10.4. The summed E-state index contributed by atoms with van der Waals surface area (Å²) in [5, 5.41) is 7.78. The Hall–Kier alpha value is 0.540. The molecule has 6 heteroatoms. The van der Waals surface area contributed by atoms with Gasteiger partial charge in [0, 0.05) is 21.1 Å². The topological polar surface area (TPSA) is 21.8 Å². The summed E-state index contributed by atoms with van der Waals surface area (Å²) in [5.41, 5.74) is 0.782. The predicted octanol–water partition coefficient (Wildman–Crippen LogP) is 0.508. The van der Waals surface area contributed by atoms with E-state index in [1.54, 1.807) is 0 Å². The van der Waals surface area contributed by atoms with E-state index in [0.717, 1.165) is 0 Å². The Morgan fingerprint density at radius 1 is 0.923 bits per heavy atom. The number of nitrogens with one attached hydrogen (secondary N) is 1. The van der Waals surface area contributed by atoms with Crippen LogP contribution >= 0.6 is 21.6 Å². The van der Waals surface area contributed by atoms with E-state index in [4.69, 9.17) is 0 Å². The second-order valence-corrected chi connectivity index (χ2v) is 5.88. The van der Waals surface area contributed by atoms with Crippen LogP contribution in [0.1, 0.15) is 0 Å². The highest BCUT2D eigenvalue weighted by molar-refractivity contribution is 8.77. The fraction of sp³-hybridized carbons (Fsp3) is 1.00. The summed E-state index contributed by atoms with van der Waals surface area (Å²) in [6.07, 6.45) is 0. The summed E-state index contributed by atoms with van der Waals surface area (Å²) >= 11 is 0. The summed E-state index contributed by atoms with van der Waals surface area (Å²) in [6, 6.07) is 0. The highest BCUT2D eigenvalue weighted by Crippen LogP contribution is 2.38. The van der Waals surface area contributed by atoms with Gasteiger partial charge in [-0.25, -0.2) is 10.0 Å². The van der Waals surface area contributed by atoms with Crippen molar-refractivity contribution in [2.45, 2.75) is 11.0 Å². The molecule has 0 aliphatic carbocycles. The molecular formula is C7H18N4S2. The monoisotopic (exact) mass is 222 g/mol. The summed E-state index contributed by atoms with van der Waals surface area (Å²) in [5.74, 6) is 0. The van der Waals surface area contributed by atoms with Crippen molar-refractivity contribution in [1.29, 1.82) is 0 Å². The molecule has 1 N–H and O–H groups in total. The Balaban J connectivity index is 2.40. The molecule has 0 saturated carbocycles. The second-order valence-electron chi connectivity index (χ2n) is 3.45. The van der Waals surface area contributed by atoms with E-state index >= 15 is 0 Å². The van der Waals surface area contributed by atoms with E-state index in [2.05, 4.69) is 55.5 Å². The number of nitrogens with zero attached hydrogens (tertiary/aromatic N) is 3. The van der Waals surface area contributed by atoms with Crippen LogP contribution in [-0.4, -0.2) is 61.2 Å². The molecule has 1 aliphatic heterocycles. The van der Waals surface area contributed by atoms with Crippen LogP contribution in [0, 0.1) is 0 Å². The van der Waals surface area contributed by atoms with Gasteiger partial charge in [-0.05, 0) is 14.1 Å². The minimum absolute atomic E-state index is 0.368. The van der Waals surface area contributed by atoms with Crippen molar-refractivity contribution in [3.63, 3.8) is 0 Å². The van der Waals surface area contributed by atoms with Gasteiger partial charge < -0.3 is 0 Å². The third-order valence-corrected chi connectivity index (χ3v) is 4.86. The lowest BCUT2D eigenvalue weighted by molar-refractivity contribution is 0.0282. The largest absolute Gasteiger partial charge is 0.285 e. The van der Waals surface area contributed by atoms with Gasteiger partial charge in [0.2, 0.25) is 0 Å². The lowest BCUT2D eigenvalue weighted by Crippen LogP contribution is -2.49. The van der Waals surface area contributed by atoms with Crippen molar-refractivity contribution in [3.8, 4) is 0 Å². The van der Waals surface area contributed by atoms with Crippen LogP contribution in [0.3, 0.4) is 0 Å². The smallest absolute Gasteiger partial charge is 0.133 e. The van der Waals surface area contributed by atoms with E-state index in [9.17, 15) is 0 Å². The van der Waals surface area contributed by atoms with Gasteiger partial charge in [-0.1, -0.05) is 21.6 Å². The third kappa shape index (κ3) is 3.00. The standard InChI is InChI=1S/C7H18N4S2/c1-9(2)6-8-7(13-12-6)11(5)10(3)4/h6-8H,1-5H3. The maximum atomic E-state index is 3.51. The first-order chi connectivity index (χ1) is 6.02. The van der Waals surface area contributed by atoms with Crippen LogP contribution in [0.4, 0.5) is 0 Å². The van der Waals surface area contributed by atoms with Gasteiger partial charge in [0.25, 0.3) is 0 Å². The second kappa shape index (κ2) is 4.86. The van der Waals surface area contributed by atoms with Crippen molar-refractivity contribution < 1.29 is 0 Å². The quantitative estimate of drug-likeness (QED) is 0.551. The Morgan fingerprint density at radius 3 is 1.85 bits per heavy atom. The Labute approximate surface area is 88.4 Å². The molecule has 0 aromatic rings. The van der Waals surface area contributed by atoms with Gasteiger partial charge in [0.15, 0.2) is 0 Å². The van der Waals surface area contributed by atoms with Crippen LogP contribution in [-0.2, 0) is 0 Å². The summed E-state index contributed by atoms with van der Waals surface area (Å²) in [7, 11) is 14.1. The molecule has 2 atom stereocenters. The Kier molecular flexibility index (Phi) is 4.34. The Morgan fingerprint density at radius 2 is 1.46 bits per heavy atom. The lowest BCUT2D eigenvalue weighted by Gasteiger charge is -2.29. The molecule has 1 aliphatic rings. The molecule has 4 nitrogen and oxygen atoms in total. The molecule has 1 fully saturated rings. The highest BCUT2D eigenvalue weighted by Gasteiger charge is 2.30. The number of hydrogen-bond acceptors (Lipinski definition) is 6. The van der Waals surface area contributed by atoms with E-state index in [1.165, 1.54) is 0 Å². The fourth-order valence-corrected chi connectivity index (χ4v) is 3.90. The molecule has 0 bridgehead atoms. The first-order valence-corrected chi connectivity index (χ1v) is 6.44. The fourth-order valence-electron chi connectivity index (χ4n) is 0.898. The maximum Gasteiger partial charge on any atom is 0.133 e. The molecule has 2 unspecified atom stereocenters. The zero-order valence-electron chi connectivity index (χ0n) is 8.81. The summed E-state index contributed by atoms with van der Waals surface area (Å²) in [4.78, 5) is 2.18. The normalized spacial score (nSPS) is 29.5. The van der Waals surface area contributed by atoms with Gasteiger partial charge in [0.1, 0.15) is 11.0 Å². The molecule has 13 heavy (non-hydrogen) atoms. The first kappa shape index (κ1) is 11.6. The molecule has 0 spiro atoms. The lowest BCUT2D eigenvalue weighted by atomic mass is 10.8. The van der Waals surface area contributed by atoms with Crippen LogP contribution in [0.2, 0.25) is 0 Å². The predicted molar refractivity (Wildman–Crippen MR) is 61.0 cm³/mol. The molecule has 1 heterocycles. The van der Waals surface area contributed by atoms with Crippen molar-refractivity contribution in [2.75, 3.05) is 35.2 Å². The van der Waals surface area contributed by atoms with Crippen molar-refractivity contribution in [2.24, 2.45) is 0 Å². The third-order valence-electron chi connectivity index (χ3n) is 1.96. The van der Waals surface area contributed by atoms with Crippen LogP contribution < -0.4 is 5.32 Å².